The number of aliphatic hydroxyl groups excluding tert-OH is 3. The van der Waals surface area contributed by atoms with Crippen LogP contribution in [0.25, 0.3) is 0 Å². The quantitative estimate of drug-likeness (QED) is 0.607. The summed E-state index contributed by atoms with van der Waals surface area (Å²) in [5, 5.41) is 27.4. The Balaban J connectivity index is 2.62. The molecule has 1 aromatic heterocycles. The summed E-state index contributed by atoms with van der Waals surface area (Å²) in [6.07, 6.45) is -0.282. The van der Waals surface area contributed by atoms with Crippen LogP contribution < -0.4 is 0 Å². The molecule has 0 aliphatic carbocycles. The van der Waals surface area contributed by atoms with Gasteiger partial charge in [-0.25, -0.2) is 0 Å². The van der Waals surface area contributed by atoms with Gasteiger partial charge >= 0.3 is 0 Å². The third-order valence-corrected chi connectivity index (χ3v) is 1.78. The normalized spacial score (nSPS) is 15.3. The van der Waals surface area contributed by atoms with Gasteiger partial charge in [-0.1, -0.05) is 6.07 Å². The van der Waals surface area contributed by atoms with E-state index in [0.29, 0.717) is 5.69 Å². The second-order valence-electron chi connectivity index (χ2n) is 2.78. The summed E-state index contributed by atoms with van der Waals surface area (Å²) in [5.74, 6) is 0. The standard InChI is InChI=1S/C9H13NO3/c11-6-4-8(12)9(13)7-3-1-2-5-10-7/h1-3,5,8-9,11-13H,4,6H2. The van der Waals surface area contributed by atoms with Gasteiger partial charge < -0.3 is 15.3 Å². The largest absolute Gasteiger partial charge is 0.396 e. The van der Waals surface area contributed by atoms with Crippen molar-refractivity contribution >= 4 is 0 Å². The molecule has 0 radical (unpaired) electrons. The Morgan fingerprint density at radius 2 is 2.08 bits per heavy atom. The minimum absolute atomic E-state index is 0.148. The summed E-state index contributed by atoms with van der Waals surface area (Å²) in [6.45, 7) is -0.148. The summed E-state index contributed by atoms with van der Waals surface area (Å²) in [6, 6.07) is 5.09. The molecule has 1 aromatic rings. The number of nitrogens with zero attached hydrogens (tertiary/aromatic N) is 1. The first-order valence-electron chi connectivity index (χ1n) is 4.13. The van der Waals surface area contributed by atoms with Crippen molar-refractivity contribution in [2.45, 2.75) is 18.6 Å². The summed E-state index contributed by atoms with van der Waals surface area (Å²) in [4.78, 5) is 3.89. The van der Waals surface area contributed by atoms with E-state index in [0.717, 1.165) is 0 Å². The van der Waals surface area contributed by atoms with Crippen LogP contribution in [0.1, 0.15) is 18.2 Å². The lowest BCUT2D eigenvalue weighted by Gasteiger charge is -2.15. The number of rotatable bonds is 4. The molecule has 1 rings (SSSR count). The lowest BCUT2D eigenvalue weighted by molar-refractivity contribution is 0.00192. The zero-order valence-electron chi connectivity index (χ0n) is 7.17. The zero-order chi connectivity index (χ0) is 9.68. The molecule has 3 N–H and O–H groups in total. The minimum atomic E-state index is -1.02. The Labute approximate surface area is 76.5 Å². The lowest BCUT2D eigenvalue weighted by Crippen LogP contribution is -2.20. The van der Waals surface area contributed by atoms with Crippen LogP contribution in [0.2, 0.25) is 0 Å². The van der Waals surface area contributed by atoms with Crippen molar-refractivity contribution in [3.63, 3.8) is 0 Å². The number of pyridine rings is 1. The summed E-state index contributed by atoms with van der Waals surface area (Å²) in [7, 11) is 0. The van der Waals surface area contributed by atoms with Gasteiger partial charge in [0.05, 0.1) is 11.8 Å². The van der Waals surface area contributed by atoms with Gasteiger partial charge in [-0.15, -0.1) is 0 Å². The number of aliphatic hydroxyl groups is 3. The van der Waals surface area contributed by atoms with E-state index in [1.165, 1.54) is 0 Å². The van der Waals surface area contributed by atoms with E-state index in [1.54, 1.807) is 24.4 Å². The molecular formula is C9H13NO3. The first-order chi connectivity index (χ1) is 6.25. The van der Waals surface area contributed by atoms with Crippen LogP contribution in [0.5, 0.6) is 0 Å². The van der Waals surface area contributed by atoms with Crippen molar-refractivity contribution in [2.75, 3.05) is 6.61 Å². The Morgan fingerprint density at radius 1 is 1.31 bits per heavy atom. The van der Waals surface area contributed by atoms with Crippen molar-refractivity contribution in [2.24, 2.45) is 0 Å². The Hall–Kier alpha value is -0.970. The van der Waals surface area contributed by atoms with Gasteiger partial charge in [-0.05, 0) is 18.6 Å². The molecule has 72 valence electrons. The fourth-order valence-corrected chi connectivity index (χ4v) is 1.04. The van der Waals surface area contributed by atoms with Gasteiger partial charge in [0.15, 0.2) is 0 Å². The molecule has 0 aromatic carbocycles. The van der Waals surface area contributed by atoms with E-state index in [4.69, 9.17) is 5.11 Å². The fourth-order valence-electron chi connectivity index (χ4n) is 1.04. The number of aromatic nitrogens is 1. The van der Waals surface area contributed by atoms with E-state index in [-0.39, 0.29) is 13.0 Å². The summed E-state index contributed by atoms with van der Waals surface area (Å²) >= 11 is 0. The molecule has 4 heteroatoms. The third-order valence-electron chi connectivity index (χ3n) is 1.78. The molecule has 0 saturated heterocycles. The van der Waals surface area contributed by atoms with Crippen LogP contribution in [-0.4, -0.2) is 33.0 Å². The molecule has 0 aliphatic rings. The minimum Gasteiger partial charge on any atom is -0.396 e. The van der Waals surface area contributed by atoms with E-state index >= 15 is 0 Å². The summed E-state index contributed by atoms with van der Waals surface area (Å²) in [5.41, 5.74) is 0.420. The van der Waals surface area contributed by atoms with E-state index in [1.807, 2.05) is 0 Å². The Morgan fingerprint density at radius 3 is 2.62 bits per heavy atom. The smallest absolute Gasteiger partial charge is 0.122 e. The van der Waals surface area contributed by atoms with Gasteiger partial charge in [0.25, 0.3) is 0 Å². The van der Waals surface area contributed by atoms with Crippen LogP contribution in [0.4, 0.5) is 0 Å². The Bertz CT molecular complexity index is 240. The highest BCUT2D eigenvalue weighted by Crippen LogP contribution is 2.15. The van der Waals surface area contributed by atoms with Crippen molar-refractivity contribution < 1.29 is 15.3 Å². The monoisotopic (exact) mass is 183 g/mol. The van der Waals surface area contributed by atoms with Gasteiger partial charge in [0.2, 0.25) is 0 Å². The molecule has 0 amide bonds. The van der Waals surface area contributed by atoms with Crippen LogP contribution in [0, 0.1) is 0 Å². The first kappa shape index (κ1) is 10.1. The second kappa shape index (κ2) is 4.91. The van der Waals surface area contributed by atoms with Crippen LogP contribution in [0.15, 0.2) is 24.4 Å². The highest BCUT2D eigenvalue weighted by molar-refractivity contribution is 5.07. The maximum Gasteiger partial charge on any atom is 0.122 e. The number of hydrogen-bond acceptors (Lipinski definition) is 4. The van der Waals surface area contributed by atoms with E-state index in [9.17, 15) is 10.2 Å². The average molecular weight is 183 g/mol. The van der Waals surface area contributed by atoms with Crippen LogP contribution >= 0.6 is 0 Å². The van der Waals surface area contributed by atoms with Crippen molar-refractivity contribution in [3.05, 3.63) is 30.1 Å². The Kier molecular flexibility index (Phi) is 3.82. The maximum absolute atomic E-state index is 9.50. The van der Waals surface area contributed by atoms with Crippen LogP contribution in [-0.2, 0) is 0 Å². The predicted molar refractivity (Wildman–Crippen MR) is 46.9 cm³/mol. The molecule has 0 spiro atoms. The highest BCUT2D eigenvalue weighted by Gasteiger charge is 2.18. The second-order valence-corrected chi connectivity index (χ2v) is 2.78. The third kappa shape index (κ3) is 2.77. The molecular weight excluding hydrogens is 170 g/mol. The van der Waals surface area contributed by atoms with Crippen molar-refractivity contribution in [1.82, 2.24) is 4.98 Å². The van der Waals surface area contributed by atoms with E-state index < -0.39 is 12.2 Å². The lowest BCUT2D eigenvalue weighted by atomic mass is 10.1. The molecule has 13 heavy (non-hydrogen) atoms. The van der Waals surface area contributed by atoms with Crippen molar-refractivity contribution in [1.29, 1.82) is 0 Å². The van der Waals surface area contributed by atoms with Gasteiger partial charge in [0, 0.05) is 12.8 Å². The fraction of sp³-hybridized carbons (Fsp3) is 0.444. The van der Waals surface area contributed by atoms with Gasteiger partial charge in [-0.2, -0.15) is 0 Å². The summed E-state index contributed by atoms with van der Waals surface area (Å²) < 4.78 is 0. The first-order valence-corrected chi connectivity index (χ1v) is 4.13. The van der Waals surface area contributed by atoms with Crippen molar-refractivity contribution in [3.8, 4) is 0 Å². The average Bonchev–Trinajstić information content (AvgIpc) is 2.18. The topological polar surface area (TPSA) is 73.6 Å². The van der Waals surface area contributed by atoms with Gasteiger partial charge in [-0.3, -0.25) is 4.98 Å². The SMILES string of the molecule is OCCC(O)C(O)c1ccccn1. The molecule has 0 saturated carbocycles. The predicted octanol–water partition coefficient (Wildman–Crippen LogP) is -0.142. The molecule has 2 atom stereocenters. The highest BCUT2D eigenvalue weighted by atomic mass is 16.3. The van der Waals surface area contributed by atoms with Gasteiger partial charge in [0.1, 0.15) is 6.10 Å². The molecule has 4 nitrogen and oxygen atoms in total. The molecule has 0 fully saturated rings. The molecule has 1 heterocycles. The number of hydrogen-bond donors (Lipinski definition) is 3. The maximum atomic E-state index is 9.50. The molecule has 2 unspecified atom stereocenters. The van der Waals surface area contributed by atoms with E-state index in [2.05, 4.69) is 4.98 Å². The zero-order valence-corrected chi connectivity index (χ0v) is 7.17. The molecule has 0 aliphatic heterocycles. The van der Waals surface area contributed by atoms with Crippen LogP contribution in [0.3, 0.4) is 0 Å². The molecule has 0 bridgehead atoms.